The van der Waals surface area contributed by atoms with E-state index in [1.165, 1.54) is 12.4 Å². The van der Waals surface area contributed by atoms with Crippen LogP contribution in [0, 0.1) is 6.92 Å². The zero-order valence-electron chi connectivity index (χ0n) is 13.0. The Bertz CT molecular complexity index is 851. The normalized spacial score (nSPS) is 10.2. The molecule has 1 heterocycles. The first-order valence-corrected chi connectivity index (χ1v) is 8.13. The molecule has 120 valence electrons. The van der Waals surface area contributed by atoms with Crippen molar-refractivity contribution < 1.29 is 4.79 Å². The molecule has 0 radical (unpaired) electrons. The van der Waals surface area contributed by atoms with E-state index in [0.717, 1.165) is 21.4 Å². The van der Waals surface area contributed by atoms with Crippen LogP contribution in [0.15, 0.2) is 65.4 Å². The third kappa shape index (κ3) is 3.97. The van der Waals surface area contributed by atoms with Crippen molar-refractivity contribution in [3.8, 4) is 0 Å². The summed E-state index contributed by atoms with van der Waals surface area (Å²) in [5.74, 6) is 0.181. The summed E-state index contributed by atoms with van der Waals surface area (Å²) in [7, 11) is 0. The van der Waals surface area contributed by atoms with Gasteiger partial charge in [0.25, 0.3) is 5.91 Å². The summed E-state index contributed by atoms with van der Waals surface area (Å²) in [5.41, 5.74) is 3.14. The van der Waals surface area contributed by atoms with E-state index in [0.29, 0.717) is 11.5 Å². The van der Waals surface area contributed by atoms with Gasteiger partial charge in [-0.05, 0) is 52.7 Å². The SMILES string of the molecule is Cc1ccc(Nc2ncc(C(=O)Nc3ccccc3)cn2)c(Br)c1. The van der Waals surface area contributed by atoms with Crippen molar-refractivity contribution in [3.05, 3.63) is 76.5 Å². The Balaban J connectivity index is 1.70. The van der Waals surface area contributed by atoms with Crippen molar-refractivity contribution >= 4 is 39.2 Å². The van der Waals surface area contributed by atoms with Gasteiger partial charge >= 0.3 is 0 Å². The molecule has 2 aromatic carbocycles. The number of hydrogen-bond acceptors (Lipinski definition) is 4. The first kappa shape index (κ1) is 16.1. The fraction of sp³-hybridized carbons (Fsp3) is 0.0556. The van der Waals surface area contributed by atoms with Gasteiger partial charge in [0.2, 0.25) is 5.95 Å². The van der Waals surface area contributed by atoms with E-state index in [2.05, 4.69) is 36.5 Å². The number of anilines is 3. The molecule has 0 unspecified atom stereocenters. The standard InChI is InChI=1S/C18H15BrN4O/c1-12-7-8-16(15(19)9-12)23-18-20-10-13(11-21-18)17(24)22-14-5-3-2-4-6-14/h2-11H,1H3,(H,22,24)(H,20,21,23). The van der Waals surface area contributed by atoms with Crippen LogP contribution in [0.1, 0.15) is 15.9 Å². The van der Waals surface area contributed by atoms with E-state index in [4.69, 9.17) is 0 Å². The third-order valence-electron chi connectivity index (χ3n) is 3.32. The molecule has 0 saturated carbocycles. The molecule has 3 aromatic rings. The van der Waals surface area contributed by atoms with Crippen molar-refractivity contribution in [3.63, 3.8) is 0 Å². The van der Waals surface area contributed by atoms with Crippen LogP contribution in [0.25, 0.3) is 0 Å². The number of para-hydroxylation sites is 1. The van der Waals surface area contributed by atoms with E-state index in [1.54, 1.807) is 0 Å². The molecule has 0 spiro atoms. The highest BCUT2D eigenvalue weighted by molar-refractivity contribution is 9.10. The maximum absolute atomic E-state index is 12.2. The number of hydrogen-bond donors (Lipinski definition) is 2. The molecule has 3 rings (SSSR count). The lowest BCUT2D eigenvalue weighted by Crippen LogP contribution is -2.13. The second kappa shape index (κ2) is 7.23. The lowest BCUT2D eigenvalue weighted by molar-refractivity contribution is 0.102. The number of benzene rings is 2. The molecule has 5 nitrogen and oxygen atoms in total. The van der Waals surface area contributed by atoms with Crippen LogP contribution in [0.2, 0.25) is 0 Å². The Morgan fingerprint density at radius 3 is 2.42 bits per heavy atom. The van der Waals surface area contributed by atoms with Crippen molar-refractivity contribution in [1.82, 2.24) is 9.97 Å². The van der Waals surface area contributed by atoms with Crippen LogP contribution in [0.4, 0.5) is 17.3 Å². The Labute approximate surface area is 148 Å². The lowest BCUT2D eigenvalue weighted by Gasteiger charge is -2.08. The van der Waals surface area contributed by atoms with Crippen molar-refractivity contribution in [2.75, 3.05) is 10.6 Å². The van der Waals surface area contributed by atoms with Gasteiger partial charge in [0.05, 0.1) is 11.3 Å². The summed E-state index contributed by atoms with van der Waals surface area (Å²) in [6.07, 6.45) is 2.99. The Hall–Kier alpha value is -2.73. The maximum atomic E-state index is 12.2. The molecule has 0 aliphatic rings. The molecule has 0 fully saturated rings. The highest BCUT2D eigenvalue weighted by atomic mass is 79.9. The number of nitrogens with one attached hydrogen (secondary N) is 2. The number of carbonyl (C=O) groups is 1. The molecule has 0 aliphatic carbocycles. The fourth-order valence-corrected chi connectivity index (χ4v) is 2.67. The van der Waals surface area contributed by atoms with E-state index < -0.39 is 0 Å². The van der Waals surface area contributed by atoms with E-state index >= 15 is 0 Å². The average molecular weight is 383 g/mol. The van der Waals surface area contributed by atoms with Gasteiger partial charge in [-0.2, -0.15) is 0 Å². The van der Waals surface area contributed by atoms with E-state index in [9.17, 15) is 4.79 Å². The molecule has 0 aliphatic heterocycles. The number of carbonyl (C=O) groups excluding carboxylic acids is 1. The van der Waals surface area contributed by atoms with Gasteiger partial charge in [-0.15, -0.1) is 0 Å². The van der Waals surface area contributed by atoms with E-state index in [-0.39, 0.29) is 5.91 Å². The predicted molar refractivity (Wildman–Crippen MR) is 98.6 cm³/mol. The second-order valence-electron chi connectivity index (χ2n) is 5.22. The number of aromatic nitrogens is 2. The average Bonchev–Trinajstić information content (AvgIpc) is 2.59. The first-order valence-electron chi connectivity index (χ1n) is 7.33. The molecule has 2 N–H and O–H groups in total. The van der Waals surface area contributed by atoms with Gasteiger partial charge in [0, 0.05) is 22.6 Å². The second-order valence-corrected chi connectivity index (χ2v) is 6.08. The molecular weight excluding hydrogens is 368 g/mol. The zero-order chi connectivity index (χ0) is 16.9. The smallest absolute Gasteiger partial charge is 0.258 e. The summed E-state index contributed by atoms with van der Waals surface area (Å²) in [6.45, 7) is 2.02. The number of nitrogens with zero attached hydrogens (tertiary/aromatic N) is 2. The summed E-state index contributed by atoms with van der Waals surface area (Å²) in [5, 5.41) is 5.91. The maximum Gasteiger partial charge on any atom is 0.258 e. The van der Waals surface area contributed by atoms with Gasteiger partial charge < -0.3 is 10.6 Å². The van der Waals surface area contributed by atoms with Gasteiger partial charge in [-0.25, -0.2) is 9.97 Å². The van der Waals surface area contributed by atoms with Gasteiger partial charge in [0.1, 0.15) is 0 Å². The van der Waals surface area contributed by atoms with E-state index in [1.807, 2.05) is 55.5 Å². The number of halogens is 1. The Kier molecular flexibility index (Phi) is 4.86. The Morgan fingerprint density at radius 1 is 1.04 bits per heavy atom. The lowest BCUT2D eigenvalue weighted by atomic mass is 10.2. The molecule has 6 heteroatoms. The Morgan fingerprint density at radius 2 is 1.75 bits per heavy atom. The molecule has 0 saturated heterocycles. The molecule has 1 aromatic heterocycles. The molecule has 1 amide bonds. The van der Waals surface area contributed by atoms with Crippen molar-refractivity contribution in [2.24, 2.45) is 0 Å². The largest absolute Gasteiger partial charge is 0.323 e. The minimum absolute atomic E-state index is 0.246. The number of rotatable bonds is 4. The van der Waals surface area contributed by atoms with Crippen LogP contribution >= 0.6 is 15.9 Å². The first-order chi connectivity index (χ1) is 11.6. The number of aryl methyl sites for hydroxylation is 1. The monoisotopic (exact) mass is 382 g/mol. The summed E-state index contributed by atoms with van der Waals surface area (Å²) in [6, 6.07) is 15.2. The quantitative estimate of drug-likeness (QED) is 0.694. The minimum Gasteiger partial charge on any atom is -0.323 e. The van der Waals surface area contributed by atoms with Crippen LogP contribution in [-0.4, -0.2) is 15.9 Å². The van der Waals surface area contributed by atoms with Gasteiger partial charge in [-0.3, -0.25) is 4.79 Å². The molecule has 24 heavy (non-hydrogen) atoms. The summed E-state index contributed by atoms with van der Waals surface area (Å²) >= 11 is 3.50. The van der Waals surface area contributed by atoms with Crippen molar-refractivity contribution in [2.45, 2.75) is 6.92 Å². The topological polar surface area (TPSA) is 66.9 Å². The van der Waals surface area contributed by atoms with Crippen LogP contribution in [0.3, 0.4) is 0 Å². The van der Waals surface area contributed by atoms with Crippen LogP contribution in [0.5, 0.6) is 0 Å². The van der Waals surface area contributed by atoms with Gasteiger partial charge in [-0.1, -0.05) is 24.3 Å². The zero-order valence-corrected chi connectivity index (χ0v) is 14.5. The molecular formula is C18H15BrN4O. The van der Waals surface area contributed by atoms with Crippen LogP contribution < -0.4 is 10.6 Å². The summed E-state index contributed by atoms with van der Waals surface area (Å²) < 4.78 is 0.928. The highest BCUT2D eigenvalue weighted by Gasteiger charge is 2.08. The summed E-state index contributed by atoms with van der Waals surface area (Å²) in [4.78, 5) is 20.5. The minimum atomic E-state index is -0.246. The molecule has 0 bridgehead atoms. The van der Waals surface area contributed by atoms with Gasteiger partial charge in [0.15, 0.2) is 0 Å². The van der Waals surface area contributed by atoms with Crippen molar-refractivity contribution in [1.29, 1.82) is 0 Å². The third-order valence-corrected chi connectivity index (χ3v) is 3.97. The van der Waals surface area contributed by atoms with Crippen LogP contribution in [-0.2, 0) is 0 Å². The number of amides is 1. The molecule has 0 atom stereocenters. The highest BCUT2D eigenvalue weighted by Crippen LogP contribution is 2.25. The predicted octanol–water partition coefficient (Wildman–Crippen LogP) is 4.54. The fourth-order valence-electron chi connectivity index (χ4n) is 2.08.